The van der Waals surface area contributed by atoms with Gasteiger partial charge >= 0.3 is 0 Å². The Balaban J connectivity index is 1.27. The van der Waals surface area contributed by atoms with Gasteiger partial charge in [-0.15, -0.1) is 21.5 Å². The number of nitrogens with one attached hydrogen (secondary N) is 1. The van der Waals surface area contributed by atoms with Gasteiger partial charge in [0.25, 0.3) is 0 Å². The minimum atomic E-state index is 0.0219. The lowest BCUT2D eigenvalue weighted by Gasteiger charge is -2.09. The molecule has 1 N–H and O–H groups in total. The predicted molar refractivity (Wildman–Crippen MR) is 116 cm³/mol. The average Bonchev–Trinajstić information content (AvgIpc) is 3.29. The minimum Gasteiger partial charge on any atom is -0.497 e. The molecule has 1 aromatic carbocycles. The van der Waals surface area contributed by atoms with Gasteiger partial charge in [-0.05, 0) is 48.4 Å². The summed E-state index contributed by atoms with van der Waals surface area (Å²) in [4.78, 5) is 13.5. The lowest BCUT2D eigenvalue weighted by molar-refractivity contribution is -0.118. The number of carbonyl (C=O) groups is 1. The van der Waals surface area contributed by atoms with Gasteiger partial charge in [0.1, 0.15) is 11.6 Å². The number of aromatic nitrogens is 3. The first kappa shape index (κ1) is 20.0. The minimum absolute atomic E-state index is 0.0219. The van der Waals surface area contributed by atoms with E-state index in [1.165, 1.54) is 22.2 Å². The van der Waals surface area contributed by atoms with Gasteiger partial charge in [-0.1, -0.05) is 30.0 Å². The van der Waals surface area contributed by atoms with Crippen LogP contribution in [0.5, 0.6) is 5.75 Å². The number of thioether (sulfide) groups is 1. The first-order valence-corrected chi connectivity index (χ1v) is 11.6. The topological polar surface area (TPSA) is 69.0 Å². The quantitative estimate of drug-likeness (QED) is 0.499. The molecule has 1 fully saturated rings. The molecule has 1 saturated carbocycles. The van der Waals surface area contributed by atoms with Gasteiger partial charge in [-0.3, -0.25) is 4.79 Å². The van der Waals surface area contributed by atoms with E-state index in [0.717, 1.165) is 42.4 Å². The summed E-state index contributed by atoms with van der Waals surface area (Å²) in [5, 5.41) is 14.7. The molecule has 0 atom stereocenters. The third-order valence-corrected chi connectivity index (χ3v) is 6.61. The molecule has 0 unspecified atom stereocenters. The van der Waals surface area contributed by atoms with E-state index in [-0.39, 0.29) is 5.91 Å². The smallest absolute Gasteiger partial charge is 0.230 e. The molecule has 0 spiro atoms. The summed E-state index contributed by atoms with van der Waals surface area (Å²) in [6.45, 7) is 0.616. The Hall–Kier alpha value is -2.32. The highest BCUT2D eigenvalue weighted by molar-refractivity contribution is 7.99. The van der Waals surface area contributed by atoms with Crippen LogP contribution < -0.4 is 10.1 Å². The lowest BCUT2D eigenvalue weighted by Crippen LogP contribution is -2.27. The van der Waals surface area contributed by atoms with Crippen LogP contribution in [0, 0.1) is 0 Å². The second-order valence-corrected chi connectivity index (χ2v) is 8.97. The number of methoxy groups -OCH3 is 1. The number of hydrogen-bond donors (Lipinski definition) is 1. The van der Waals surface area contributed by atoms with Crippen molar-refractivity contribution in [1.82, 2.24) is 20.1 Å². The summed E-state index contributed by atoms with van der Waals surface area (Å²) in [5.74, 6) is 2.21. The maximum absolute atomic E-state index is 12.3. The Labute approximate surface area is 178 Å². The molecule has 0 saturated heterocycles. The van der Waals surface area contributed by atoms with E-state index in [9.17, 15) is 4.79 Å². The molecule has 6 nitrogen and oxygen atoms in total. The van der Waals surface area contributed by atoms with E-state index >= 15 is 0 Å². The molecule has 1 amide bonds. The molecule has 0 radical (unpaired) electrons. The molecule has 0 aliphatic heterocycles. The second-order valence-electron chi connectivity index (χ2n) is 6.99. The highest BCUT2D eigenvalue weighted by Crippen LogP contribution is 2.39. The van der Waals surface area contributed by atoms with Crippen LogP contribution in [0.15, 0.2) is 46.9 Å². The summed E-state index contributed by atoms with van der Waals surface area (Å²) >= 11 is 3.21. The van der Waals surface area contributed by atoms with Crippen LogP contribution in [0.3, 0.4) is 0 Å². The molecule has 1 aliphatic carbocycles. The molecular weight excluding hydrogens is 404 g/mol. The fourth-order valence-electron chi connectivity index (χ4n) is 3.11. The molecule has 3 aromatic rings. The first-order chi connectivity index (χ1) is 14.2. The highest BCUT2D eigenvalue weighted by atomic mass is 32.2. The van der Waals surface area contributed by atoms with Gasteiger partial charge in [-0.2, -0.15) is 0 Å². The van der Waals surface area contributed by atoms with Gasteiger partial charge < -0.3 is 14.6 Å². The fourth-order valence-corrected chi connectivity index (χ4v) is 4.67. The molecule has 2 heterocycles. The zero-order chi connectivity index (χ0) is 20.1. The van der Waals surface area contributed by atoms with E-state index in [4.69, 9.17) is 4.74 Å². The van der Waals surface area contributed by atoms with Crippen molar-refractivity contribution in [1.29, 1.82) is 0 Å². The van der Waals surface area contributed by atoms with Gasteiger partial charge in [0, 0.05) is 23.9 Å². The molecule has 0 bridgehead atoms. The number of rotatable bonds is 10. The monoisotopic (exact) mass is 428 g/mol. The van der Waals surface area contributed by atoms with Crippen LogP contribution in [0.4, 0.5) is 0 Å². The summed E-state index contributed by atoms with van der Waals surface area (Å²) in [5.41, 5.74) is 1.17. The van der Waals surface area contributed by atoms with Gasteiger partial charge in [0.2, 0.25) is 5.91 Å². The van der Waals surface area contributed by atoms with Crippen LogP contribution in [0.2, 0.25) is 0 Å². The summed E-state index contributed by atoms with van der Waals surface area (Å²) < 4.78 is 7.39. The van der Waals surface area contributed by atoms with E-state index in [1.807, 2.05) is 24.3 Å². The summed E-state index contributed by atoms with van der Waals surface area (Å²) in [6, 6.07) is 12.6. The second kappa shape index (κ2) is 9.45. The normalized spacial score (nSPS) is 13.4. The molecule has 4 rings (SSSR count). The van der Waals surface area contributed by atoms with Crippen LogP contribution in [0.1, 0.15) is 35.1 Å². The predicted octanol–water partition coefficient (Wildman–Crippen LogP) is 3.72. The van der Waals surface area contributed by atoms with Crippen molar-refractivity contribution >= 4 is 29.0 Å². The Morgan fingerprint density at radius 2 is 2.10 bits per heavy atom. The number of benzene rings is 1. The van der Waals surface area contributed by atoms with E-state index in [0.29, 0.717) is 18.3 Å². The van der Waals surface area contributed by atoms with Gasteiger partial charge in [-0.25, -0.2) is 0 Å². The SMILES string of the molecule is COc1ccc(CCNC(=O)CSc2nnc(Cc3cccs3)n2C2CC2)cc1. The van der Waals surface area contributed by atoms with Crippen molar-refractivity contribution in [3.8, 4) is 5.75 Å². The van der Waals surface area contributed by atoms with Crippen LogP contribution in [-0.4, -0.2) is 40.1 Å². The van der Waals surface area contributed by atoms with E-state index < -0.39 is 0 Å². The van der Waals surface area contributed by atoms with Crippen LogP contribution >= 0.6 is 23.1 Å². The Kier molecular flexibility index (Phi) is 6.51. The Bertz CT molecular complexity index is 934. The molecule has 1 aliphatic rings. The highest BCUT2D eigenvalue weighted by Gasteiger charge is 2.29. The van der Waals surface area contributed by atoms with E-state index in [2.05, 4.69) is 37.6 Å². The molecular formula is C21H24N4O2S2. The standard InChI is InChI=1S/C21H24N4O2S2/c1-27-17-8-4-15(5-9-17)10-11-22-20(26)14-29-21-24-23-19(25(21)16-6-7-16)13-18-3-2-12-28-18/h2-5,8-9,12,16H,6-7,10-11,13-14H2,1H3,(H,22,26). The summed E-state index contributed by atoms with van der Waals surface area (Å²) in [7, 11) is 1.65. The zero-order valence-corrected chi connectivity index (χ0v) is 18.0. The molecule has 29 heavy (non-hydrogen) atoms. The third kappa shape index (κ3) is 5.39. The number of hydrogen-bond acceptors (Lipinski definition) is 6. The first-order valence-electron chi connectivity index (χ1n) is 9.71. The van der Waals surface area contributed by atoms with Crippen molar-refractivity contribution < 1.29 is 9.53 Å². The van der Waals surface area contributed by atoms with E-state index in [1.54, 1.807) is 18.4 Å². The number of amides is 1. The molecule has 152 valence electrons. The van der Waals surface area contributed by atoms with Crippen molar-refractivity contribution in [2.24, 2.45) is 0 Å². The van der Waals surface area contributed by atoms with Crippen molar-refractivity contribution in [2.45, 2.75) is 36.9 Å². The largest absolute Gasteiger partial charge is 0.497 e. The third-order valence-electron chi connectivity index (χ3n) is 4.79. The maximum atomic E-state index is 12.3. The Morgan fingerprint density at radius 3 is 2.79 bits per heavy atom. The maximum Gasteiger partial charge on any atom is 0.230 e. The Morgan fingerprint density at radius 1 is 1.28 bits per heavy atom. The number of nitrogens with zero attached hydrogens (tertiary/aromatic N) is 3. The number of carbonyl (C=O) groups excluding carboxylic acids is 1. The lowest BCUT2D eigenvalue weighted by atomic mass is 10.1. The number of ether oxygens (including phenoxy) is 1. The van der Waals surface area contributed by atoms with Gasteiger partial charge in [0.05, 0.1) is 12.9 Å². The zero-order valence-electron chi connectivity index (χ0n) is 16.3. The van der Waals surface area contributed by atoms with Gasteiger partial charge in [0.15, 0.2) is 5.16 Å². The summed E-state index contributed by atoms with van der Waals surface area (Å²) in [6.07, 6.45) is 3.92. The van der Waals surface area contributed by atoms with Crippen LogP contribution in [-0.2, 0) is 17.6 Å². The number of thiophene rings is 1. The average molecular weight is 429 g/mol. The van der Waals surface area contributed by atoms with Crippen molar-refractivity contribution in [3.05, 3.63) is 58.0 Å². The fraction of sp³-hybridized carbons (Fsp3) is 0.381. The molecule has 8 heteroatoms. The van der Waals surface area contributed by atoms with Crippen molar-refractivity contribution in [2.75, 3.05) is 19.4 Å². The van der Waals surface area contributed by atoms with Crippen molar-refractivity contribution in [3.63, 3.8) is 0 Å². The molecule has 2 aromatic heterocycles. The van der Waals surface area contributed by atoms with Crippen LogP contribution in [0.25, 0.3) is 0 Å².